The van der Waals surface area contributed by atoms with E-state index in [1.807, 2.05) is 0 Å². The molecule has 0 aliphatic heterocycles. The Morgan fingerprint density at radius 1 is 0.848 bits per heavy atom. The van der Waals surface area contributed by atoms with Crippen LogP contribution in [0.15, 0.2) is 36.4 Å². The largest absolute Gasteiger partial charge is 0.490 e. The highest BCUT2D eigenvalue weighted by Gasteiger charge is 2.26. The zero-order valence-electron chi connectivity index (χ0n) is 17.6. The summed E-state index contributed by atoms with van der Waals surface area (Å²) in [5.74, 6) is -6.29. The van der Waals surface area contributed by atoms with E-state index in [2.05, 4.69) is 10.6 Å². The minimum atomic E-state index is -1.65. The zero-order chi connectivity index (χ0) is 24.0. The maximum atomic E-state index is 13.2. The molecule has 2 aromatic carbocycles. The number of ether oxygens (including phenoxy) is 1. The van der Waals surface area contributed by atoms with Crippen molar-refractivity contribution in [1.29, 1.82) is 0 Å². The number of nitrogens with one attached hydrogen (secondary N) is 2. The maximum Gasteiger partial charge on any atom is 0.306 e. The molecule has 33 heavy (non-hydrogen) atoms. The van der Waals surface area contributed by atoms with Gasteiger partial charge >= 0.3 is 5.97 Å². The molecule has 2 amide bonds. The number of hydrogen-bond donors (Lipinski definition) is 3. The molecular weight excluding hydrogens is 441 g/mol. The SMILES string of the molecule is O=C(NCCNC(=O)c1cc(F)c(F)c(F)c1)c1ccc(OC2CCC(C(=O)O)CC2)cc1. The Morgan fingerprint density at radius 2 is 1.36 bits per heavy atom. The van der Waals surface area contributed by atoms with Gasteiger partial charge in [-0.25, -0.2) is 13.2 Å². The van der Waals surface area contributed by atoms with Gasteiger partial charge in [0.25, 0.3) is 11.8 Å². The fourth-order valence-corrected chi connectivity index (χ4v) is 3.55. The number of carboxylic acid groups (broad SMARTS) is 1. The lowest BCUT2D eigenvalue weighted by molar-refractivity contribution is -0.143. The summed E-state index contributed by atoms with van der Waals surface area (Å²) < 4.78 is 45.2. The molecule has 0 aromatic heterocycles. The summed E-state index contributed by atoms with van der Waals surface area (Å²) in [6.07, 6.45) is 2.39. The molecule has 1 aliphatic carbocycles. The first-order valence-corrected chi connectivity index (χ1v) is 10.4. The molecule has 1 fully saturated rings. The Bertz CT molecular complexity index is 998. The van der Waals surface area contributed by atoms with E-state index in [0.717, 1.165) is 0 Å². The van der Waals surface area contributed by atoms with Gasteiger partial charge in [-0.3, -0.25) is 14.4 Å². The first kappa shape index (κ1) is 24.1. The second kappa shape index (κ2) is 10.8. The third-order valence-electron chi connectivity index (χ3n) is 5.38. The second-order valence-corrected chi connectivity index (χ2v) is 7.72. The van der Waals surface area contributed by atoms with Crippen LogP contribution < -0.4 is 15.4 Å². The molecule has 0 bridgehead atoms. The van der Waals surface area contributed by atoms with Crippen molar-refractivity contribution in [2.75, 3.05) is 13.1 Å². The molecule has 0 heterocycles. The average molecular weight is 464 g/mol. The van der Waals surface area contributed by atoms with Crippen molar-refractivity contribution in [3.05, 3.63) is 65.0 Å². The van der Waals surface area contributed by atoms with Crippen molar-refractivity contribution in [2.45, 2.75) is 31.8 Å². The van der Waals surface area contributed by atoms with Crippen LogP contribution in [0.25, 0.3) is 0 Å². The summed E-state index contributed by atoms with van der Waals surface area (Å²) in [6, 6.07) is 7.64. The van der Waals surface area contributed by atoms with Gasteiger partial charge in [0.15, 0.2) is 17.5 Å². The number of rotatable bonds is 8. The van der Waals surface area contributed by atoms with Crippen LogP contribution in [0.3, 0.4) is 0 Å². The minimum absolute atomic E-state index is 0.00853. The lowest BCUT2D eigenvalue weighted by atomic mass is 9.87. The van der Waals surface area contributed by atoms with Crippen LogP contribution in [0.2, 0.25) is 0 Å². The Hall–Kier alpha value is -3.56. The summed E-state index contributed by atoms with van der Waals surface area (Å²) in [5.41, 5.74) is -0.00398. The van der Waals surface area contributed by atoms with Crippen molar-refractivity contribution in [3.63, 3.8) is 0 Å². The second-order valence-electron chi connectivity index (χ2n) is 7.72. The lowest BCUT2D eigenvalue weighted by Gasteiger charge is -2.26. The fourth-order valence-electron chi connectivity index (χ4n) is 3.55. The normalized spacial score (nSPS) is 17.8. The van der Waals surface area contributed by atoms with E-state index in [0.29, 0.717) is 49.1 Å². The van der Waals surface area contributed by atoms with Crippen LogP contribution >= 0.6 is 0 Å². The van der Waals surface area contributed by atoms with Crippen LogP contribution in [-0.2, 0) is 4.79 Å². The maximum absolute atomic E-state index is 13.2. The smallest absolute Gasteiger partial charge is 0.306 e. The first-order chi connectivity index (χ1) is 15.7. The van der Waals surface area contributed by atoms with E-state index in [1.165, 1.54) is 0 Å². The Kier molecular flexibility index (Phi) is 7.92. The predicted molar refractivity (Wildman–Crippen MR) is 111 cm³/mol. The third kappa shape index (κ3) is 6.47. The van der Waals surface area contributed by atoms with Crippen LogP contribution in [-0.4, -0.2) is 42.1 Å². The average Bonchev–Trinajstić information content (AvgIpc) is 2.80. The summed E-state index contributed by atoms with van der Waals surface area (Å²) in [4.78, 5) is 35.1. The lowest BCUT2D eigenvalue weighted by Crippen LogP contribution is -2.34. The zero-order valence-corrected chi connectivity index (χ0v) is 17.6. The van der Waals surface area contributed by atoms with Crippen LogP contribution in [0, 0.1) is 23.4 Å². The van der Waals surface area contributed by atoms with Crippen LogP contribution in [0.5, 0.6) is 5.75 Å². The molecule has 3 rings (SSSR count). The Balaban J connectivity index is 1.41. The van der Waals surface area contributed by atoms with Gasteiger partial charge in [-0.2, -0.15) is 0 Å². The Labute approximate surface area is 187 Å². The van der Waals surface area contributed by atoms with Crippen molar-refractivity contribution >= 4 is 17.8 Å². The van der Waals surface area contributed by atoms with Gasteiger partial charge < -0.3 is 20.5 Å². The fraction of sp³-hybridized carbons (Fsp3) is 0.348. The molecule has 1 aliphatic rings. The number of aliphatic carboxylic acids is 1. The van der Waals surface area contributed by atoms with E-state index >= 15 is 0 Å². The van der Waals surface area contributed by atoms with Gasteiger partial charge in [-0.05, 0) is 62.1 Å². The van der Waals surface area contributed by atoms with Crippen LogP contribution in [0.4, 0.5) is 13.2 Å². The van der Waals surface area contributed by atoms with Gasteiger partial charge in [0, 0.05) is 24.2 Å². The molecule has 1 saturated carbocycles. The Morgan fingerprint density at radius 3 is 1.88 bits per heavy atom. The predicted octanol–water partition coefficient (Wildman–Crippen LogP) is 3.29. The molecule has 0 radical (unpaired) electrons. The quantitative estimate of drug-likeness (QED) is 0.411. The number of hydrogen-bond acceptors (Lipinski definition) is 4. The molecule has 3 N–H and O–H groups in total. The molecule has 0 unspecified atom stereocenters. The molecule has 0 atom stereocenters. The van der Waals surface area contributed by atoms with Crippen molar-refractivity contribution in [2.24, 2.45) is 5.92 Å². The van der Waals surface area contributed by atoms with Gasteiger partial charge in [0.1, 0.15) is 5.75 Å². The molecule has 0 spiro atoms. The van der Waals surface area contributed by atoms with Gasteiger partial charge in [-0.1, -0.05) is 0 Å². The summed E-state index contributed by atoms with van der Waals surface area (Å²) >= 11 is 0. The van der Waals surface area contributed by atoms with Gasteiger partial charge in [0.05, 0.1) is 12.0 Å². The van der Waals surface area contributed by atoms with Crippen molar-refractivity contribution in [1.82, 2.24) is 10.6 Å². The van der Waals surface area contributed by atoms with E-state index in [9.17, 15) is 27.6 Å². The van der Waals surface area contributed by atoms with E-state index in [4.69, 9.17) is 9.84 Å². The van der Waals surface area contributed by atoms with E-state index in [1.54, 1.807) is 24.3 Å². The monoisotopic (exact) mass is 464 g/mol. The summed E-state index contributed by atoms with van der Waals surface area (Å²) in [7, 11) is 0. The highest BCUT2D eigenvalue weighted by molar-refractivity contribution is 5.95. The van der Waals surface area contributed by atoms with Gasteiger partial charge in [-0.15, -0.1) is 0 Å². The molecule has 10 heteroatoms. The van der Waals surface area contributed by atoms with Crippen LogP contribution in [0.1, 0.15) is 46.4 Å². The van der Waals surface area contributed by atoms with E-state index < -0.39 is 35.2 Å². The number of halogens is 3. The molecule has 0 saturated heterocycles. The number of carbonyl (C=O) groups is 3. The molecule has 176 valence electrons. The number of carbonyl (C=O) groups excluding carboxylic acids is 2. The van der Waals surface area contributed by atoms with Gasteiger partial charge in [0.2, 0.25) is 0 Å². The van der Waals surface area contributed by atoms with Crippen molar-refractivity contribution < 1.29 is 37.4 Å². The molecule has 2 aromatic rings. The third-order valence-corrected chi connectivity index (χ3v) is 5.38. The molecular formula is C23H23F3N2O5. The summed E-state index contributed by atoms with van der Waals surface area (Å²) in [6.45, 7) is 0.0488. The number of benzene rings is 2. The minimum Gasteiger partial charge on any atom is -0.490 e. The number of carboxylic acids is 1. The standard InChI is InChI=1S/C23H23F3N2O5/c24-18-11-15(12-19(25)20(18)26)22(30)28-10-9-27-21(29)13-1-5-16(6-2-13)33-17-7-3-14(4-8-17)23(31)32/h1-2,5-6,11-12,14,17H,3-4,7-10H2,(H,27,29)(H,28,30)(H,31,32). The topological polar surface area (TPSA) is 105 Å². The first-order valence-electron chi connectivity index (χ1n) is 10.4. The van der Waals surface area contributed by atoms with E-state index in [-0.39, 0.29) is 30.7 Å². The van der Waals surface area contributed by atoms with Crippen molar-refractivity contribution in [3.8, 4) is 5.75 Å². The summed E-state index contributed by atoms with van der Waals surface area (Å²) in [5, 5.41) is 14.0. The number of amides is 2. The molecule has 7 nitrogen and oxygen atoms in total. The highest BCUT2D eigenvalue weighted by atomic mass is 19.2. The highest BCUT2D eigenvalue weighted by Crippen LogP contribution is 2.28.